The van der Waals surface area contributed by atoms with E-state index in [4.69, 9.17) is 12.2 Å². The molecule has 0 bridgehead atoms. The highest BCUT2D eigenvalue weighted by atomic mass is 32.2. The number of terminal acetylenes is 1. The van der Waals surface area contributed by atoms with E-state index in [0.717, 1.165) is 12.0 Å². The molecule has 2 aromatic rings. The van der Waals surface area contributed by atoms with Crippen molar-refractivity contribution in [3.05, 3.63) is 59.7 Å². The van der Waals surface area contributed by atoms with Crippen molar-refractivity contribution < 1.29 is 8.42 Å². The highest BCUT2D eigenvalue weighted by Gasteiger charge is 2.14. The fraction of sp³-hybridized carbons (Fsp3) is 0.125. The molecule has 2 rings (SSSR count). The number of sulfonamides is 1. The van der Waals surface area contributed by atoms with Gasteiger partial charge in [0.25, 0.3) is 10.0 Å². The Kier molecular flexibility index (Phi) is 4.63. The molecular formula is C16H16N2O2S. The van der Waals surface area contributed by atoms with Gasteiger partial charge >= 0.3 is 0 Å². The van der Waals surface area contributed by atoms with Crippen LogP contribution in [0, 0.1) is 12.3 Å². The second-order valence-electron chi connectivity index (χ2n) is 4.51. The number of anilines is 1. The van der Waals surface area contributed by atoms with Crippen molar-refractivity contribution in [2.24, 2.45) is 5.73 Å². The van der Waals surface area contributed by atoms with Crippen molar-refractivity contribution >= 4 is 15.7 Å². The van der Waals surface area contributed by atoms with Gasteiger partial charge in [-0.3, -0.25) is 4.72 Å². The first-order chi connectivity index (χ1) is 10.0. The van der Waals surface area contributed by atoms with E-state index in [1.807, 2.05) is 0 Å². The second-order valence-corrected chi connectivity index (χ2v) is 6.20. The number of nitrogens with one attached hydrogen (secondary N) is 1. The van der Waals surface area contributed by atoms with Gasteiger partial charge in [0.2, 0.25) is 0 Å². The summed E-state index contributed by atoms with van der Waals surface area (Å²) in [7, 11) is -3.62. The largest absolute Gasteiger partial charge is 0.330 e. The smallest absolute Gasteiger partial charge is 0.261 e. The number of hydrogen-bond acceptors (Lipinski definition) is 3. The van der Waals surface area contributed by atoms with Crippen LogP contribution < -0.4 is 10.5 Å². The number of rotatable bonds is 5. The highest BCUT2D eigenvalue weighted by molar-refractivity contribution is 7.92. The molecule has 0 heterocycles. The zero-order chi connectivity index (χ0) is 15.3. The van der Waals surface area contributed by atoms with E-state index in [-0.39, 0.29) is 4.90 Å². The molecule has 0 atom stereocenters. The topological polar surface area (TPSA) is 72.2 Å². The fourth-order valence-electron chi connectivity index (χ4n) is 1.89. The molecule has 108 valence electrons. The first kappa shape index (κ1) is 15.1. The first-order valence-corrected chi connectivity index (χ1v) is 7.92. The van der Waals surface area contributed by atoms with E-state index in [9.17, 15) is 8.42 Å². The first-order valence-electron chi connectivity index (χ1n) is 6.43. The van der Waals surface area contributed by atoms with Gasteiger partial charge in [0, 0.05) is 5.56 Å². The minimum atomic E-state index is -3.62. The number of nitrogens with two attached hydrogens (primary N) is 1. The summed E-state index contributed by atoms with van der Waals surface area (Å²) >= 11 is 0. The van der Waals surface area contributed by atoms with Crippen molar-refractivity contribution in [1.29, 1.82) is 0 Å². The number of benzene rings is 2. The van der Waals surface area contributed by atoms with Crippen LogP contribution in [-0.4, -0.2) is 15.0 Å². The van der Waals surface area contributed by atoms with Crippen LogP contribution in [-0.2, 0) is 16.4 Å². The van der Waals surface area contributed by atoms with Crippen molar-refractivity contribution in [2.45, 2.75) is 11.3 Å². The van der Waals surface area contributed by atoms with Crippen molar-refractivity contribution in [2.75, 3.05) is 11.3 Å². The van der Waals surface area contributed by atoms with Gasteiger partial charge in [0.15, 0.2) is 0 Å². The Balaban J connectivity index is 2.23. The SMILES string of the molecule is C#Cc1cccc(NS(=O)(=O)c2ccc(CCN)cc2)c1. The van der Waals surface area contributed by atoms with Crippen LogP contribution >= 0.6 is 0 Å². The summed E-state index contributed by atoms with van der Waals surface area (Å²) in [6, 6.07) is 13.4. The lowest BCUT2D eigenvalue weighted by molar-refractivity contribution is 0.601. The monoisotopic (exact) mass is 300 g/mol. The van der Waals surface area contributed by atoms with Gasteiger partial charge < -0.3 is 5.73 Å². The maximum Gasteiger partial charge on any atom is 0.261 e. The van der Waals surface area contributed by atoms with Crippen LogP contribution in [0.1, 0.15) is 11.1 Å². The average molecular weight is 300 g/mol. The molecule has 2 aromatic carbocycles. The van der Waals surface area contributed by atoms with Crippen LogP contribution in [0.15, 0.2) is 53.4 Å². The molecule has 3 N–H and O–H groups in total. The molecule has 0 aliphatic carbocycles. The summed E-state index contributed by atoms with van der Waals surface area (Å²) < 4.78 is 27.1. The Morgan fingerprint density at radius 2 is 1.86 bits per heavy atom. The normalized spacial score (nSPS) is 10.9. The summed E-state index contributed by atoms with van der Waals surface area (Å²) in [6.45, 7) is 0.531. The predicted molar refractivity (Wildman–Crippen MR) is 84.4 cm³/mol. The maximum atomic E-state index is 12.3. The molecule has 5 heteroatoms. The Hall–Kier alpha value is -2.29. The Bertz CT molecular complexity index is 760. The highest BCUT2D eigenvalue weighted by Crippen LogP contribution is 2.17. The van der Waals surface area contributed by atoms with Crippen LogP contribution in [0.3, 0.4) is 0 Å². The van der Waals surface area contributed by atoms with Crippen molar-refractivity contribution in [3.8, 4) is 12.3 Å². The van der Waals surface area contributed by atoms with Gasteiger partial charge in [-0.25, -0.2) is 8.42 Å². The van der Waals surface area contributed by atoms with Crippen LogP contribution in [0.25, 0.3) is 0 Å². The summed E-state index contributed by atoms with van der Waals surface area (Å²) in [4.78, 5) is 0.203. The van der Waals surface area contributed by atoms with E-state index < -0.39 is 10.0 Å². The molecule has 0 radical (unpaired) electrons. The second kappa shape index (κ2) is 6.44. The van der Waals surface area contributed by atoms with Crippen molar-refractivity contribution in [1.82, 2.24) is 0 Å². The Morgan fingerprint density at radius 3 is 2.48 bits per heavy atom. The van der Waals surface area contributed by atoms with E-state index >= 15 is 0 Å². The molecule has 21 heavy (non-hydrogen) atoms. The van der Waals surface area contributed by atoms with Gasteiger partial charge in [-0.2, -0.15) is 0 Å². The minimum Gasteiger partial charge on any atom is -0.330 e. The molecular weight excluding hydrogens is 284 g/mol. The fourth-order valence-corrected chi connectivity index (χ4v) is 2.94. The predicted octanol–water partition coefficient (Wildman–Crippen LogP) is 1.97. The lowest BCUT2D eigenvalue weighted by atomic mass is 10.2. The summed E-state index contributed by atoms with van der Waals surface area (Å²) in [5.74, 6) is 2.47. The molecule has 0 aliphatic rings. The van der Waals surface area contributed by atoms with Crippen molar-refractivity contribution in [3.63, 3.8) is 0 Å². The molecule has 4 nitrogen and oxygen atoms in total. The van der Waals surface area contributed by atoms with E-state index in [0.29, 0.717) is 17.8 Å². The van der Waals surface area contributed by atoms with Gasteiger partial charge in [-0.15, -0.1) is 6.42 Å². The zero-order valence-corrected chi connectivity index (χ0v) is 12.2. The van der Waals surface area contributed by atoms with Gasteiger partial charge in [0.05, 0.1) is 10.6 Å². The molecule has 0 fully saturated rings. The lowest BCUT2D eigenvalue weighted by Gasteiger charge is -2.09. The third kappa shape index (κ3) is 3.85. The standard InChI is InChI=1S/C16H16N2O2S/c1-2-13-4-3-5-15(12-13)18-21(19,20)16-8-6-14(7-9-16)10-11-17/h1,3-9,12,18H,10-11,17H2. The Labute approximate surface area is 125 Å². The van der Waals surface area contributed by atoms with Gasteiger partial charge in [0.1, 0.15) is 0 Å². The molecule has 0 amide bonds. The maximum absolute atomic E-state index is 12.3. The number of hydrogen-bond donors (Lipinski definition) is 2. The summed E-state index contributed by atoms with van der Waals surface area (Å²) in [6.07, 6.45) is 6.02. The van der Waals surface area contributed by atoms with Gasteiger partial charge in [-0.1, -0.05) is 24.1 Å². The van der Waals surface area contributed by atoms with Crippen LogP contribution in [0.4, 0.5) is 5.69 Å². The molecule has 0 unspecified atom stereocenters. The van der Waals surface area contributed by atoms with E-state index in [1.165, 1.54) is 0 Å². The zero-order valence-electron chi connectivity index (χ0n) is 11.4. The average Bonchev–Trinajstić information content (AvgIpc) is 2.48. The van der Waals surface area contributed by atoms with Crippen LogP contribution in [0.2, 0.25) is 0 Å². The Morgan fingerprint density at radius 1 is 1.14 bits per heavy atom. The molecule has 0 aromatic heterocycles. The van der Waals surface area contributed by atoms with Gasteiger partial charge in [-0.05, 0) is 48.9 Å². The molecule has 0 saturated carbocycles. The summed E-state index contributed by atoms with van der Waals surface area (Å²) in [5, 5.41) is 0. The quantitative estimate of drug-likeness (QED) is 0.829. The van der Waals surface area contributed by atoms with Crippen LogP contribution in [0.5, 0.6) is 0 Å². The lowest BCUT2D eigenvalue weighted by Crippen LogP contribution is -2.13. The molecule has 0 saturated heterocycles. The summed E-state index contributed by atoms with van der Waals surface area (Å²) in [5.41, 5.74) is 7.53. The van der Waals surface area contributed by atoms with E-state index in [1.54, 1.807) is 48.5 Å². The third-order valence-electron chi connectivity index (χ3n) is 2.95. The minimum absolute atomic E-state index is 0.203. The third-order valence-corrected chi connectivity index (χ3v) is 4.35. The molecule has 0 spiro atoms. The molecule has 0 aliphatic heterocycles. The van der Waals surface area contributed by atoms with E-state index in [2.05, 4.69) is 10.6 Å².